The van der Waals surface area contributed by atoms with Crippen LogP contribution >= 0.6 is 0 Å². The largest absolute Gasteiger partial charge is 2.00 e. The summed E-state index contributed by atoms with van der Waals surface area (Å²) < 4.78 is 0. The van der Waals surface area contributed by atoms with Crippen LogP contribution in [-0.4, -0.2) is 0 Å². The molecule has 0 aromatic heterocycles. The summed E-state index contributed by atoms with van der Waals surface area (Å²) in [6, 6.07) is 0. The van der Waals surface area contributed by atoms with E-state index in [2.05, 4.69) is 0 Å². The van der Waals surface area contributed by atoms with Gasteiger partial charge in [0.15, 0.2) is 0 Å². The summed E-state index contributed by atoms with van der Waals surface area (Å²) in [7, 11) is 0. The van der Waals surface area contributed by atoms with E-state index in [1.54, 1.807) is 0 Å². The molecule has 0 spiro atoms. The van der Waals surface area contributed by atoms with E-state index in [-0.39, 0.29) is 56.1 Å². The Morgan fingerprint density at radius 1 is 0.375 bits per heavy atom. The Morgan fingerprint density at radius 2 is 0.375 bits per heavy atom. The van der Waals surface area contributed by atoms with Crippen molar-refractivity contribution in [3.05, 3.63) is 0 Å². The van der Waals surface area contributed by atoms with Gasteiger partial charge in [-0.15, -0.1) is 0 Å². The zero-order valence-electron chi connectivity index (χ0n) is 3.77. The van der Waals surface area contributed by atoms with E-state index in [0.29, 0.717) is 0 Å². The molecule has 0 saturated heterocycles. The summed E-state index contributed by atoms with van der Waals surface area (Å²) in [6.07, 6.45) is 0. The second kappa shape index (κ2) is 4390. The van der Waals surface area contributed by atoms with Crippen LogP contribution in [0, 0.1) is 0 Å². The number of quaternary nitrogens is 1. The van der Waals surface area contributed by atoms with Crippen LogP contribution in [0.25, 0.3) is 0 Å². The van der Waals surface area contributed by atoms with Gasteiger partial charge < -0.3 is 34.4 Å². The number of rotatable bonds is 0. The molecule has 8 heteroatoms. The first-order chi connectivity index (χ1) is 0. The van der Waals surface area contributed by atoms with Crippen LogP contribution in [0.5, 0.6) is 0 Å². The van der Waals surface area contributed by atoms with Gasteiger partial charge in [0.05, 0.1) is 0 Å². The summed E-state index contributed by atoms with van der Waals surface area (Å²) in [5.74, 6) is 0. The zero-order valence-corrected chi connectivity index (χ0v) is 5.33. The molecule has 1 nitrogen and oxygen atoms in total. The van der Waals surface area contributed by atoms with Gasteiger partial charge in [-0.1, -0.05) is 0 Å². The molecular formula is H4F6NTi-3. The third-order valence-electron chi connectivity index (χ3n) is 0. The van der Waals surface area contributed by atoms with E-state index in [4.69, 9.17) is 0 Å². The molecule has 8 heavy (non-hydrogen) atoms. The van der Waals surface area contributed by atoms with Crippen LogP contribution in [0.4, 0.5) is 0 Å². The fraction of sp³-hybridized carbons (Fsp3) is 0. The fourth-order valence-electron chi connectivity index (χ4n) is 0. The first-order valence-corrected chi connectivity index (χ1v) is 0. The Kier molecular flexibility index (Phi) is 3690000. The molecule has 0 fully saturated rings. The van der Waals surface area contributed by atoms with E-state index >= 15 is 0 Å². The second-order valence-corrected chi connectivity index (χ2v) is 0. The third-order valence-corrected chi connectivity index (χ3v) is 0. The Labute approximate surface area is 56.9 Å². The maximum atomic E-state index is 0. The van der Waals surface area contributed by atoms with Crippen molar-refractivity contribution >= 4 is 0 Å². The number of hydrogen-bond donors (Lipinski definition) is 1. The molecule has 0 heterocycles. The number of halogens is 6. The van der Waals surface area contributed by atoms with Crippen LogP contribution in [0.2, 0.25) is 0 Å². The zero-order chi connectivity index (χ0) is 0. The average Bonchev–Trinajstić information content (AvgIpc) is 0. The predicted molar refractivity (Wildman–Crippen MR) is 5.98 cm³/mol. The summed E-state index contributed by atoms with van der Waals surface area (Å²) in [6.45, 7) is 0. The van der Waals surface area contributed by atoms with Gasteiger partial charge in [0, 0.05) is 0 Å². The molecule has 4 N–H and O–H groups in total. The quantitative estimate of drug-likeness (QED) is 0.284. The van der Waals surface area contributed by atoms with Crippen molar-refractivity contribution < 1.29 is 49.9 Å². The number of hydrogen-bond acceptors (Lipinski definition) is 0. The van der Waals surface area contributed by atoms with Crippen molar-refractivity contribution in [3.63, 3.8) is 0 Å². The molecule has 0 unspecified atom stereocenters. The molecular weight excluding hydrogens is 176 g/mol. The van der Waals surface area contributed by atoms with Gasteiger partial charge in [-0.3, -0.25) is 0 Å². The van der Waals surface area contributed by atoms with Crippen molar-refractivity contribution in [2.45, 2.75) is 0 Å². The molecule has 0 aromatic rings. The molecule has 0 radical (unpaired) electrons. The minimum Gasteiger partial charge on any atom is -1.00 e. The molecule has 0 saturated carbocycles. The fourth-order valence-corrected chi connectivity index (χ4v) is 0. The van der Waals surface area contributed by atoms with Crippen molar-refractivity contribution in [1.29, 1.82) is 0 Å². The molecule has 0 aromatic carbocycles. The molecule has 0 atom stereocenters. The molecule has 0 aliphatic carbocycles. The van der Waals surface area contributed by atoms with Crippen molar-refractivity contribution in [3.8, 4) is 0 Å². The average molecular weight is 180 g/mol. The van der Waals surface area contributed by atoms with E-state index in [1.165, 1.54) is 0 Å². The second-order valence-electron chi connectivity index (χ2n) is 0. The van der Waals surface area contributed by atoms with Gasteiger partial charge in [0.25, 0.3) is 0 Å². The Balaban J connectivity index is 0. The Bertz CT molecular complexity index is 8.49. The van der Waals surface area contributed by atoms with Gasteiger partial charge in [-0.2, -0.15) is 0 Å². The molecule has 0 bridgehead atoms. The smallest absolute Gasteiger partial charge is 1.00 e. The first-order valence-electron chi connectivity index (χ1n) is 0. The minimum atomic E-state index is 0. The van der Waals surface area contributed by atoms with Crippen LogP contribution in [0.15, 0.2) is 0 Å². The van der Waals surface area contributed by atoms with Crippen LogP contribution in [0.1, 0.15) is 0 Å². The molecule has 58 valence electrons. The van der Waals surface area contributed by atoms with Crippen LogP contribution < -0.4 is 34.4 Å². The van der Waals surface area contributed by atoms with Crippen molar-refractivity contribution in [1.82, 2.24) is 6.15 Å². The molecule has 0 rings (SSSR count). The topological polar surface area (TPSA) is 36.5 Å². The van der Waals surface area contributed by atoms with E-state index in [1.807, 2.05) is 0 Å². The van der Waals surface area contributed by atoms with Crippen LogP contribution in [0.3, 0.4) is 0 Å². The SMILES string of the molecule is [F-].[F-].[F-].[F-].[F-].[F-].[NH4+].[Ti+2]. The monoisotopic (exact) mass is 180 g/mol. The maximum absolute atomic E-state index is 0. The van der Waals surface area contributed by atoms with Gasteiger partial charge in [0.2, 0.25) is 0 Å². The van der Waals surface area contributed by atoms with E-state index in [0.717, 1.165) is 0 Å². The molecule has 0 amide bonds. The van der Waals surface area contributed by atoms with Gasteiger partial charge >= 0.3 is 21.7 Å². The van der Waals surface area contributed by atoms with Crippen LogP contribution in [-0.2, 0) is 21.7 Å². The van der Waals surface area contributed by atoms with E-state index in [9.17, 15) is 0 Å². The summed E-state index contributed by atoms with van der Waals surface area (Å²) >= 11 is 0. The predicted octanol–water partition coefficient (Wildman–Crippen LogP) is -17.6. The standard InChI is InChI=1S/6FH.H3N.Ti/h6*1H;1H3;/q;;;;;;;+2/p-5. The summed E-state index contributed by atoms with van der Waals surface area (Å²) in [4.78, 5) is 0. The Morgan fingerprint density at radius 3 is 0.375 bits per heavy atom. The first kappa shape index (κ1) is 6720. The van der Waals surface area contributed by atoms with Gasteiger partial charge in [0.1, 0.15) is 0 Å². The van der Waals surface area contributed by atoms with Gasteiger partial charge in [-0.05, 0) is 0 Å². The third kappa shape index (κ3) is 2670. The molecule has 0 aliphatic heterocycles. The van der Waals surface area contributed by atoms with E-state index < -0.39 is 0 Å². The summed E-state index contributed by atoms with van der Waals surface area (Å²) in [5, 5.41) is 0. The normalized spacial score (nSPS) is 0. The van der Waals surface area contributed by atoms with Gasteiger partial charge in [-0.25, -0.2) is 0 Å². The molecule has 0 aliphatic rings. The minimum absolute atomic E-state index is 0. The van der Waals surface area contributed by atoms with Crippen molar-refractivity contribution in [2.75, 3.05) is 0 Å². The Hall–Kier alpha value is 0.254. The maximum Gasteiger partial charge on any atom is 2.00 e. The summed E-state index contributed by atoms with van der Waals surface area (Å²) in [5.41, 5.74) is 0. The van der Waals surface area contributed by atoms with Crippen molar-refractivity contribution in [2.24, 2.45) is 0 Å².